The van der Waals surface area contributed by atoms with E-state index in [0.29, 0.717) is 22.6 Å². The molecule has 3 aromatic rings. The summed E-state index contributed by atoms with van der Waals surface area (Å²) in [5, 5.41) is 0. The molecule has 172 valence electrons. The molecular formula is C28H26F4O. The molecule has 1 aliphatic rings. The van der Waals surface area contributed by atoms with E-state index in [9.17, 15) is 13.2 Å². The van der Waals surface area contributed by atoms with Gasteiger partial charge >= 0.3 is 0 Å². The van der Waals surface area contributed by atoms with Gasteiger partial charge in [-0.25, -0.2) is 13.2 Å². The normalized spacial score (nSPS) is 18.6. The lowest BCUT2D eigenvalue weighted by atomic mass is 9.78. The predicted molar refractivity (Wildman–Crippen MR) is 123 cm³/mol. The summed E-state index contributed by atoms with van der Waals surface area (Å²) in [7, 11) is 1.26. The Morgan fingerprint density at radius 1 is 0.697 bits per heavy atom. The fourth-order valence-corrected chi connectivity index (χ4v) is 4.74. The standard InChI is InChI=1S/C28H26F4O/c1-3-4-17-5-7-18(8-6-17)21-13-14-22(26(30)25(21)29)19-9-11-20(12-10-19)23-15-16-24(33-2)28(32)27(23)31/h3-4,9-18H,5-8H2,1-2H3/b4-3+. The summed E-state index contributed by atoms with van der Waals surface area (Å²) in [6.45, 7) is 2.00. The summed E-state index contributed by atoms with van der Waals surface area (Å²) in [5.41, 5.74) is 1.53. The van der Waals surface area contributed by atoms with Gasteiger partial charge in [-0.2, -0.15) is 4.39 Å². The summed E-state index contributed by atoms with van der Waals surface area (Å²) in [5.74, 6) is -3.41. The van der Waals surface area contributed by atoms with Gasteiger partial charge in [0.05, 0.1) is 7.11 Å². The molecule has 0 amide bonds. The van der Waals surface area contributed by atoms with Gasteiger partial charge in [0.1, 0.15) is 0 Å². The summed E-state index contributed by atoms with van der Waals surface area (Å²) in [4.78, 5) is 0. The van der Waals surface area contributed by atoms with Gasteiger partial charge in [-0.1, -0.05) is 48.6 Å². The van der Waals surface area contributed by atoms with Crippen LogP contribution in [0.4, 0.5) is 17.6 Å². The maximum absolute atomic E-state index is 15.0. The lowest BCUT2D eigenvalue weighted by Gasteiger charge is -2.27. The van der Waals surface area contributed by atoms with Gasteiger partial charge < -0.3 is 4.74 Å². The molecule has 0 atom stereocenters. The minimum Gasteiger partial charge on any atom is -0.494 e. The second-order valence-electron chi connectivity index (χ2n) is 8.49. The van der Waals surface area contributed by atoms with Crippen LogP contribution in [0.25, 0.3) is 22.3 Å². The molecule has 1 saturated carbocycles. The molecular weight excluding hydrogens is 428 g/mol. The van der Waals surface area contributed by atoms with Gasteiger partial charge in [0, 0.05) is 11.1 Å². The van der Waals surface area contributed by atoms with E-state index in [0.717, 1.165) is 25.7 Å². The largest absolute Gasteiger partial charge is 0.494 e. The average Bonchev–Trinajstić information content (AvgIpc) is 2.84. The van der Waals surface area contributed by atoms with E-state index in [4.69, 9.17) is 4.74 Å². The first-order valence-electron chi connectivity index (χ1n) is 11.2. The maximum atomic E-state index is 15.0. The van der Waals surface area contributed by atoms with Crippen LogP contribution in [0.1, 0.15) is 44.1 Å². The fraction of sp³-hybridized carbons (Fsp3) is 0.286. The Kier molecular flexibility index (Phi) is 6.87. The van der Waals surface area contributed by atoms with Crippen molar-refractivity contribution in [1.82, 2.24) is 0 Å². The Morgan fingerprint density at radius 2 is 1.24 bits per heavy atom. The summed E-state index contributed by atoms with van der Waals surface area (Å²) in [6.07, 6.45) is 7.85. The van der Waals surface area contributed by atoms with Crippen LogP contribution < -0.4 is 4.74 Å². The topological polar surface area (TPSA) is 9.23 Å². The lowest BCUT2D eigenvalue weighted by molar-refractivity contribution is 0.364. The van der Waals surface area contributed by atoms with Crippen LogP contribution in [0.15, 0.2) is 60.7 Å². The average molecular weight is 455 g/mol. The van der Waals surface area contributed by atoms with Gasteiger partial charge in [0.25, 0.3) is 0 Å². The van der Waals surface area contributed by atoms with E-state index < -0.39 is 23.3 Å². The number of rotatable bonds is 5. The molecule has 0 spiro atoms. The van der Waals surface area contributed by atoms with Gasteiger partial charge in [-0.05, 0) is 73.3 Å². The Balaban J connectivity index is 1.58. The van der Waals surface area contributed by atoms with Crippen LogP contribution >= 0.6 is 0 Å². The SMILES string of the molecule is C/C=C/C1CCC(c2ccc(-c3ccc(-c4ccc(OC)c(F)c4F)cc3)c(F)c2F)CC1. The van der Waals surface area contributed by atoms with E-state index in [1.54, 1.807) is 36.4 Å². The highest BCUT2D eigenvalue weighted by Crippen LogP contribution is 2.39. The Bertz CT molecular complexity index is 1160. The molecule has 0 saturated heterocycles. The van der Waals surface area contributed by atoms with E-state index in [-0.39, 0.29) is 22.8 Å². The van der Waals surface area contributed by atoms with Crippen LogP contribution in [0, 0.1) is 29.2 Å². The van der Waals surface area contributed by atoms with Gasteiger partial charge in [-0.15, -0.1) is 0 Å². The molecule has 3 aromatic carbocycles. The molecule has 5 heteroatoms. The zero-order valence-corrected chi connectivity index (χ0v) is 18.7. The molecule has 1 aliphatic carbocycles. The maximum Gasteiger partial charge on any atom is 0.201 e. The molecule has 1 nitrogen and oxygen atoms in total. The van der Waals surface area contributed by atoms with Crippen molar-refractivity contribution in [3.05, 3.63) is 89.5 Å². The number of ether oxygens (including phenoxy) is 1. The van der Waals surface area contributed by atoms with E-state index in [2.05, 4.69) is 6.08 Å². The molecule has 0 aliphatic heterocycles. The van der Waals surface area contributed by atoms with Crippen molar-refractivity contribution in [2.75, 3.05) is 7.11 Å². The number of allylic oxidation sites excluding steroid dienone is 2. The molecule has 0 N–H and O–H groups in total. The van der Waals surface area contributed by atoms with Crippen LogP contribution in [0.2, 0.25) is 0 Å². The minimum absolute atomic E-state index is 0.0189. The zero-order chi connectivity index (χ0) is 23.5. The summed E-state index contributed by atoms with van der Waals surface area (Å²) in [6, 6.07) is 12.3. The van der Waals surface area contributed by atoms with Gasteiger partial charge in [0.15, 0.2) is 23.2 Å². The highest BCUT2D eigenvalue weighted by atomic mass is 19.2. The third kappa shape index (κ3) is 4.54. The minimum atomic E-state index is -1.07. The Labute approximate surface area is 191 Å². The second kappa shape index (κ2) is 9.82. The van der Waals surface area contributed by atoms with Crippen molar-refractivity contribution >= 4 is 0 Å². The van der Waals surface area contributed by atoms with Gasteiger partial charge in [0.2, 0.25) is 5.82 Å². The fourth-order valence-electron chi connectivity index (χ4n) is 4.74. The van der Waals surface area contributed by atoms with E-state index >= 15 is 4.39 Å². The first kappa shape index (κ1) is 23.1. The van der Waals surface area contributed by atoms with E-state index in [1.807, 2.05) is 13.0 Å². The predicted octanol–water partition coefficient (Wildman–Crippen LogP) is 8.44. The van der Waals surface area contributed by atoms with Crippen molar-refractivity contribution in [1.29, 1.82) is 0 Å². The molecule has 0 bridgehead atoms. The smallest absolute Gasteiger partial charge is 0.201 e. The van der Waals surface area contributed by atoms with E-state index in [1.165, 1.54) is 19.2 Å². The van der Waals surface area contributed by atoms with Crippen molar-refractivity contribution in [2.24, 2.45) is 5.92 Å². The molecule has 0 radical (unpaired) electrons. The first-order chi connectivity index (χ1) is 15.9. The highest BCUT2D eigenvalue weighted by Gasteiger charge is 2.25. The number of hydrogen-bond donors (Lipinski definition) is 0. The molecule has 1 fully saturated rings. The quantitative estimate of drug-likeness (QED) is 0.278. The second-order valence-corrected chi connectivity index (χ2v) is 8.49. The monoisotopic (exact) mass is 454 g/mol. The highest BCUT2D eigenvalue weighted by molar-refractivity contribution is 5.71. The molecule has 33 heavy (non-hydrogen) atoms. The summed E-state index contributed by atoms with van der Waals surface area (Å²) < 4.78 is 63.2. The molecule has 0 aromatic heterocycles. The van der Waals surface area contributed by atoms with Crippen molar-refractivity contribution in [3.63, 3.8) is 0 Å². The van der Waals surface area contributed by atoms with Crippen molar-refractivity contribution in [2.45, 2.75) is 38.5 Å². The van der Waals surface area contributed by atoms with Crippen LogP contribution in [0.3, 0.4) is 0 Å². The molecule has 0 heterocycles. The number of halogens is 4. The lowest BCUT2D eigenvalue weighted by Crippen LogP contribution is -2.13. The number of hydrogen-bond acceptors (Lipinski definition) is 1. The number of benzene rings is 3. The van der Waals surface area contributed by atoms with Gasteiger partial charge in [-0.3, -0.25) is 0 Å². The van der Waals surface area contributed by atoms with Crippen LogP contribution in [-0.2, 0) is 0 Å². The number of methoxy groups -OCH3 is 1. The Morgan fingerprint density at radius 3 is 1.79 bits per heavy atom. The Hall–Kier alpha value is -3.08. The van der Waals surface area contributed by atoms with Crippen molar-refractivity contribution < 1.29 is 22.3 Å². The van der Waals surface area contributed by atoms with Crippen LogP contribution in [-0.4, -0.2) is 7.11 Å². The first-order valence-corrected chi connectivity index (χ1v) is 11.2. The van der Waals surface area contributed by atoms with Crippen LogP contribution in [0.5, 0.6) is 5.75 Å². The van der Waals surface area contributed by atoms with Crippen molar-refractivity contribution in [3.8, 4) is 28.0 Å². The summed E-state index contributed by atoms with van der Waals surface area (Å²) >= 11 is 0. The molecule has 4 rings (SSSR count). The third-order valence-electron chi connectivity index (χ3n) is 6.56. The zero-order valence-electron chi connectivity index (χ0n) is 18.7. The third-order valence-corrected chi connectivity index (χ3v) is 6.56. The molecule has 0 unspecified atom stereocenters.